The predicted molar refractivity (Wildman–Crippen MR) is 124 cm³/mol. The highest BCUT2D eigenvalue weighted by Crippen LogP contribution is 2.67. The molecule has 4 saturated carbocycles. The summed E-state index contributed by atoms with van der Waals surface area (Å²) in [6, 6.07) is 4.06. The predicted octanol–water partition coefficient (Wildman–Crippen LogP) is 7.18. The van der Waals surface area contributed by atoms with Crippen molar-refractivity contribution in [3.8, 4) is 0 Å². The van der Waals surface area contributed by atoms with E-state index in [9.17, 15) is 4.79 Å². The lowest BCUT2D eigenvalue weighted by molar-refractivity contribution is -0.134. The first-order valence-electron chi connectivity index (χ1n) is 12.5. The molecule has 1 aromatic rings. The summed E-state index contributed by atoms with van der Waals surface area (Å²) in [5, 5.41) is 0.0392. The van der Waals surface area contributed by atoms with Crippen molar-refractivity contribution in [2.45, 2.75) is 95.1 Å². The molecule has 1 heterocycles. The van der Waals surface area contributed by atoms with Gasteiger partial charge in [0.15, 0.2) is 0 Å². The number of hydrogen-bond acceptors (Lipinski definition) is 3. The molecule has 1 aromatic heterocycles. The Labute approximate surface area is 187 Å². The molecule has 0 aliphatic heterocycles. The number of carbonyl (C=O) groups excluding carboxylic acids is 1. The molecular formula is C27H39NOS. The summed E-state index contributed by atoms with van der Waals surface area (Å²) in [6.07, 6.45) is 17.5. The average Bonchev–Trinajstić information content (AvgIpc) is 3.10. The van der Waals surface area contributed by atoms with Crippen LogP contribution < -0.4 is 0 Å². The topological polar surface area (TPSA) is 30.0 Å². The van der Waals surface area contributed by atoms with Crippen molar-refractivity contribution in [1.82, 2.24) is 4.98 Å². The first-order chi connectivity index (χ1) is 14.4. The van der Waals surface area contributed by atoms with Crippen LogP contribution in [0.15, 0.2) is 29.4 Å². The number of nitrogens with zero attached hydrogens (tertiary/aromatic N) is 1. The van der Waals surface area contributed by atoms with Gasteiger partial charge in [-0.05, 0) is 105 Å². The molecular weight excluding hydrogens is 386 g/mol. The second-order valence-electron chi connectivity index (χ2n) is 11.4. The zero-order valence-electron chi connectivity index (χ0n) is 19.1. The van der Waals surface area contributed by atoms with Gasteiger partial charge < -0.3 is 0 Å². The Hall–Kier alpha value is -0.830. The number of Topliss-reactive ketones (excluding diaryl/α,β-unsaturated/α-hetero) is 1. The first kappa shape index (κ1) is 21.0. The van der Waals surface area contributed by atoms with Gasteiger partial charge in [-0.2, -0.15) is 0 Å². The van der Waals surface area contributed by atoms with Crippen LogP contribution in [-0.2, 0) is 4.79 Å². The van der Waals surface area contributed by atoms with Gasteiger partial charge in [0, 0.05) is 23.2 Å². The molecule has 3 heteroatoms. The van der Waals surface area contributed by atoms with Crippen molar-refractivity contribution >= 4 is 17.5 Å². The zero-order chi connectivity index (χ0) is 20.9. The summed E-state index contributed by atoms with van der Waals surface area (Å²) < 4.78 is 0. The van der Waals surface area contributed by atoms with Crippen molar-refractivity contribution in [2.75, 3.05) is 0 Å². The molecule has 2 nitrogen and oxygen atoms in total. The summed E-state index contributed by atoms with van der Waals surface area (Å²) in [5.74, 6) is 4.34. The van der Waals surface area contributed by atoms with E-state index in [1.54, 1.807) is 11.8 Å². The molecule has 164 valence electrons. The van der Waals surface area contributed by atoms with Crippen LogP contribution in [0.5, 0.6) is 0 Å². The number of rotatable bonds is 4. The maximum absolute atomic E-state index is 13.6. The minimum Gasteiger partial charge on any atom is -0.298 e. The van der Waals surface area contributed by atoms with Crippen molar-refractivity contribution in [3.63, 3.8) is 0 Å². The van der Waals surface area contributed by atoms with Gasteiger partial charge in [0.25, 0.3) is 0 Å². The van der Waals surface area contributed by atoms with Crippen molar-refractivity contribution in [2.24, 2.45) is 40.4 Å². The minimum absolute atomic E-state index is 0.0392. The summed E-state index contributed by atoms with van der Waals surface area (Å²) in [5.41, 5.74) is 0.832. The lowest BCUT2D eigenvalue weighted by atomic mass is 9.45. The van der Waals surface area contributed by atoms with E-state index < -0.39 is 0 Å². The Morgan fingerprint density at radius 3 is 2.53 bits per heavy atom. The molecule has 4 fully saturated rings. The standard InChI is InChI=1S/C27H39NOS/c1-18(30-20-12-16-28-17-13-20)25(29)24-10-9-22-21-8-7-19-6-4-5-14-26(19,2)23(21)11-15-27(22,24)3/h12-13,16-19,21-24H,4-11,14-15H2,1-3H3/t18?,19-,21+,22+,23+,24-,26+,27+/m1/s1. The van der Waals surface area contributed by atoms with Crippen LogP contribution in [0.3, 0.4) is 0 Å². The molecule has 0 radical (unpaired) electrons. The van der Waals surface area contributed by atoms with Crippen LogP contribution in [0.2, 0.25) is 0 Å². The quantitative estimate of drug-likeness (QED) is 0.479. The third-order valence-corrected chi connectivity index (χ3v) is 11.4. The Morgan fingerprint density at radius 1 is 0.967 bits per heavy atom. The molecule has 8 atom stereocenters. The first-order valence-corrected chi connectivity index (χ1v) is 13.4. The molecule has 4 aliphatic carbocycles. The number of pyridine rings is 1. The molecule has 0 saturated heterocycles. The summed E-state index contributed by atoms with van der Waals surface area (Å²) in [4.78, 5) is 18.9. The van der Waals surface area contributed by atoms with Crippen LogP contribution in [0, 0.1) is 40.4 Å². The van der Waals surface area contributed by atoms with Crippen LogP contribution in [0.4, 0.5) is 0 Å². The summed E-state index contributed by atoms with van der Waals surface area (Å²) in [6.45, 7) is 7.29. The van der Waals surface area contributed by atoms with Crippen LogP contribution in [0.25, 0.3) is 0 Å². The maximum atomic E-state index is 13.6. The van der Waals surface area contributed by atoms with Gasteiger partial charge in [0.2, 0.25) is 0 Å². The monoisotopic (exact) mass is 425 g/mol. The van der Waals surface area contributed by atoms with E-state index in [0.717, 1.165) is 35.0 Å². The van der Waals surface area contributed by atoms with E-state index in [4.69, 9.17) is 0 Å². The van der Waals surface area contributed by atoms with Crippen molar-refractivity contribution in [3.05, 3.63) is 24.5 Å². The van der Waals surface area contributed by atoms with Crippen molar-refractivity contribution < 1.29 is 4.79 Å². The smallest absolute Gasteiger partial charge is 0.149 e. The lowest BCUT2D eigenvalue weighted by Gasteiger charge is -2.60. The van der Waals surface area contributed by atoms with E-state index in [1.165, 1.54) is 57.8 Å². The highest BCUT2D eigenvalue weighted by molar-refractivity contribution is 8.00. The molecule has 1 unspecified atom stereocenters. The Kier molecular flexibility index (Phi) is 5.57. The average molecular weight is 426 g/mol. The fraction of sp³-hybridized carbons (Fsp3) is 0.778. The summed E-state index contributed by atoms with van der Waals surface area (Å²) in [7, 11) is 0. The number of carbonyl (C=O) groups is 1. The molecule has 0 N–H and O–H groups in total. The van der Waals surface area contributed by atoms with Gasteiger partial charge in [-0.15, -0.1) is 11.8 Å². The number of thioether (sulfide) groups is 1. The van der Waals surface area contributed by atoms with Crippen molar-refractivity contribution in [1.29, 1.82) is 0 Å². The van der Waals surface area contributed by atoms with E-state index in [0.29, 0.717) is 11.2 Å². The van der Waals surface area contributed by atoms with E-state index >= 15 is 0 Å². The third-order valence-electron chi connectivity index (χ3n) is 10.3. The van der Waals surface area contributed by atoms with Crippen LogP contribution in [-0.4, -0.2) is 16.0 Å². The highest BCUT2D eigenvalue weighted by Gasteiger charge is 2.60. The third kappa shape index (κ3) is 3.29. The largest absolute Gasteiger partial charge is 0.298 e. The molecule has 4 aliphatic rings. The molecule has 0 bridgehead atoms. The van der Waals surface area contributed by atoms with Gasteiger partial charge in [-0.25, -0.2) is 0 Å². The number of aromatic nitrogens is 1. The molecule has 30 heavy (non-hydrogen) atoms. The lowest BCUT2D eigenvalue weighted by Crippen LogP contribution is -2.53. The van der Waals surface area contributed by atoms with Gasteiger partial charge >= 0.3 is 0 Å². The summed E-state index contributed by atoms with van der Waals surface area (Å²) >= 11 is 1.72. The number of hydrogen-bond donors (Lipinski definition) is 0. The number of fused-ring (bicyclic) bond motifs is 5. The van der Waals surface area contributed by atoms with Gasteiger partial charge in [0.1, 0.15) is 5.78 Å². The second kappa shape index (κ2) is 7.94. The van der Waals surface area contributed by atoms with Crippen LogP contribution >= 0.6 is 11.8 Å². The highest BCUT2D eigenvalue weighted by atomic mass is 32.2. The second-order valence-corrected chi connectivity index (χ2v) is 12.8. The van der Waals surface area contributed by atoms with E-state index in [1.807, 2.05) is 24.5 Å². The fourth-order valence-corrected chi connectivity index (χ4v) is 9.69. The SMILES string of the molecule is CC(Sc1ccncc1)C(=O)[C@H]1CC[C@H]2[C@@H]3CC[C@H]4CCCC[C@]4(C)[C@H]3CC[C@]12C. The Bertz CT molecular complexity index is 780. The van der Waals surface area contributed by atoms with Gasteiger partial charge in [-0.3, -0.25) is 9.78 Å². The zero-order valence-corrected chi connectivity index (χ0v) is 19.9. The maximum Gasteiger partial charge on any atom is 0.149 e. The molecule has 0 amide bonds. The Morgan fingerprint density at radius 2 is 1.73 bits per heavy atom. The fourth-order valence-electron chi connectivity index (χ4n) is 8.72. The van der Waals surface area contributed by atoms with Gasteiger partial charge in [0.05, 0.1) is 5.25 Å². The molecule has 0 spiro atoms. The minimum atomic E-state index is 0.0392. The van der Waals surface area contributed by atoms with E-state index in [-0.39, 0.29) is 16.6 Å². The van der Waals surface area contributed by atoms with E-state index in [2.05, 4.69) is 25.8 Å². The van der Waals surface area contributed by atoms with Gasteiger partial charge in [-0.1, -0.05) is 26.7 Å². The molecule has 5 rings (SSSR count). The number of ketones is 1. The Balaban J connectivity index is 1.33. The molecule has 0 aromatic carbocycles. The van der Waals surface area contributed by atoms with Crippen LogP contribution in [0.1, 0.15) is 85.0 Å². The normalized spacial score (nSPS) is 43.9.